The summed E-state index contributed by atoms with van der Waals surface area (Å²) in [7, 11) is 0. The first-order valence-corrected chi connectivity index (χ1v) is 13.5. The van der Waals surface area contributed by atoms with E-state index in [0.717, 1.165) is 32.6 Å². The largest absolute Gasteiger partial charge is 0.481 e. The minimum atomic E-state index is -2.98. The molecule has 0 amide bonds. The zero-order valence-corrected chi connectivity index (χ0v) is 22.5. The minimum Gasteiger partial charge on any atom is -0.481 e. The van der Waals surface area contributed by atoms with E-state index < -0.39 is 64.8 Å². The summed E-state index contributed by atoms with van der Waals surface area (Å²) in [6, 6.07) is 0. The Hall–Kier alpha value is -1.91. The van der Waals surface area contributed by atoms with Gasteiger partial charge in [-0.05, 0) is 67.6 Å². The van der Waals surface area contributed by atoms with Gasteiger partial charge in [0.05, 0.1) is 6.54 Å². The highest BCUT2D eigenvalue weighted by Crippen LogP contribution is 2.74. The van der Waals surface area contributed by atoms with E-state index in [2.05, 4.69) is 5.73 Å². The van der Waals surface area contributed by atoms with Crippen LogP contribution in [0.2, 0.25) is 0 Å². The van der Waals surface area contributed by atoms with Crippen molar-refractivity contribution in [3.05, 3.63) is 0 Å². The van der Waals surface area contributed by atoms with Gasteiger partial charge in [-0.3, -0.25) is 14.4 Å². The second-order valence-electron chi connectivity index (χ2n) is 12.0. The van der Waals surface area contributed by atoms with Crippen molar-refractivity contribution in [3.8, 4) is 0 Å². The summed E-state index contributed by atoms with van der Waals surface area (Å²) in [4.78, 5) is 29.1. The molecule has 11 heteroatoms. The van der Waals surface area contributed by atoms with Crippen LogP contribution in [0.15, 0.2) is 0 Å². The molecule has 4 aliphatic rings. The van der Waals surface area contributed by atoms with Crippen LogP contribution >= 0.6 is 0 Å². The second kappa shape index (κ2) is 12.1. The summed E-state index contributed by atoms with van der Waals surface area (Å²) in [5, 5.41) is 23.9. The molecule has 4 rings (SSSR count). The van der Waals surface area contributed by atoms with Crippen LogP contribution in [0.25, 0.3) is 0 Å². The molecule has 0 saturated heterocycles. The van der Waals surface area contributed by atoms with Gasteiger partial charge in [0.2, 0.25) is 0 Å². The topological polar surface area (TPSA) is 138 Å². The number of halogens is 4. The first-order chi connectivity index (χ1) is 17.4. The maximum Gasteiger partial charge on any atom is 0.317 e. The Morgan fingerprint density at radius 2 is 1.47 bits per heavy atom. The van der Waals surface area contributed by atoms with Crippen molar-refractivity contribution in [2.45, 2.75) is 103 Å². The van der Waals surface area contributed by atoms with Crippen LogP contribution in [0.5, 0.6) is 0 Å². The Bertz CT molecular complexity index is 867. The summed E-state index contributed by atoms with van der Waals surface area (Å²) < 4.78 is 62.5. The highest BCUT2D eigenvalue weighted by atomic mass is 19.3. The molecule has 5 N–H and O–H groups in total. The molecule has 4 aliphatic carbocycles. The number of carboxylic acids is 3. The zero-order valence-electron chi connectivity index (χ0n) is 22.5. The summed E-state index contributed by atoms with van der Waals surface area (Å²) in [6.07, 6.45) is 4.43. The number of hydrogen-bond acceptors (Lipinski definition) is 4. The lowest BCUT2D eigenvalue weighted by Crippen LogP contribution is -2.65. The molecule has 0 bridgehead atoms. The number of carbonyl (C=O) groups is 3. The van der Waals surface area contributed by atoms with Crippen molar-refractivity contribution in [3.63, 3.8) is 0 Å². The van der Waals surface area contributed by atoms with E-state index in [4.69, 9.17) is 20.1 Å². The Balaban J connectivity index is 0.000000489. The Labute approximate surface area is 221 Å². The van der Waals surface area contributed by atoms with Crippen LogP contribution in [0.3, 0.4) is 0 Å². The molecule has 0 radical (unpaired) electrons. The SMILES string of the molecule is CC(=O)O.CC12CCCCC1CC(F)(F)C1C2CC(F)(F)C2(C)C(CCCC(=O)O)CCC12.NCC(=O)O. The number of rotatable bonds is 5. The van der Waals surface area contributed by atoms with E-state index in [1.54, 1.807) is 0 Å². The molecule has 7 unspecified atom stereocenters. The summed E-state index contributed by atoms with van der Waals surface area (Å²) in [5.41, 5.74) is 2.72. The molecule has 0 aromatic heterocycles. The van der Waals surface area contributed by atoms with E-state index in [0.29, 0.717) is 25.7 Å². The standard InChI is InChI=1S/C23H34F4O2.C2H5NO2.C2H4O2/c1-20-11-4-3-6-15(20)12-22(24,25)19-16-10-9-14(7-5-8-18(28)29)21(16,2)23(26,27)13-17(19)20;3-1-2(4)5;1-2(3)4/h14-17,19H,3-13H2,1-2H3,(H,28,29);1,3H2,(H,4,5);1H3,(H,3,4). The molecule has 0 aromatic rings. The van der Waals surface area contributed by atoms with Crippen molar-refractivity contribution in [2.75, 3.05) is 6.54 Å². The highest BCUT2D eigenvalue weighted by molar-refractivity contribution is 5.68. The fourth-order valence-corrected chi connectivity index (χ4v) is 8.20. The van der Waals surface area contributed by atoms with Gasteiger partial charge in [-0.15, -0.1) is 0 Å². The monoisotopic (exact) mass is 553 g/mol. The van der Waals surface area contributed by atoms with Crippen molar-refractivity contribution >= 4 is 17.9 Å². The number of alkyl halides is 4. The first-order valence-electron chi connectivity index (χ1n) is 13.5. The van der Waals surface area contributed by atoms with Crippen LogP contribution in [-0.4, -0.2) is 51.6 Å². The van der Waals surface area contributed by atoms with E-state index >= 15 is 17.6 Å². The Morgan fingerprint density at radius 1 is 0.895 bits per heavy atom. The lowest BCUT2D eigenvalue weighted by Gasteiger charge is -2.64. The lowest BCUT2D eigenvalue weighted by molar-refractivity contribution is -0.291. The van der Waals surface area contributed by atoms with Gasteiger partial charge in [-0.2, -0.15) is 0 Å². The average molecular weight is 554 g/mol. The Kier molecular flexibility index (Phi) is 10.3. The van der Waals surface area contributed by atoms with Gasteiger partial charge in [0, 0.05) is 37.5 Å². The van der Waals surface area contributed by atoms with Gasteiger partial charge in [-0.25, -0.2) is 17.6 Å². The molecule has 0 heterocycles. The average Bonchev–Trinajstić information content (AvgIpc) is 3.12. The number of aliphatic carboxylic acids is 3. The molecule has 4 fully saturated rings. The fraction of sp³-hybridized carbons (Fsp3) is 0.889. The van der Waals surface area contributed by atoms with Crippen LogP contribution in [0.1, 0.15) is 91.4 Å². The van der Waals surface area contributed by atoms with Crippen LogP contribution < -0.4 is 5.73 Å². The smallest absolute Gasteiger partial charge is 0.317 e. The Morgan fingerprint density at radius 3 is 2.00 bits per heavy atom. The summed E-state index contributed by atoms with van der Waals surface area (Å²) in [5.74, 6) is -11.4. The van der Waals surface area contributed by atoms with Crippen LogP contribution in [0.4, 0.5) is 17.6 Å². The molecular formula is C27H43F4NO6. The molecule has 0 spiro atoms. The second-order valence-corrected chi connectivity index (χ2v) is 12.0. The minimum absolute atomic E-state index is 0.0508. The molecule has 4 saturated carbocycles. The summed E-state index contributed by atoms with van der Waals surface area (Å²) in [6.45, 7) is 4.36. The fourth-order valence-electron chi connectivity index (χ4n) is 8.20. The van der Waals surface area contributed by atoms with Crippen molar-refractivity contribution in [1.82, 2.24) is 0 Å². The number of carboxylic acid groups (broad SMARTS) is 3. The summed E-state index contributed by atoms with van der Waals surface area (Å²) >= 11 is 0. The van der Waals surface area contributed by atoms with E-state index in [1.165, 1.54) is 6.92 Å². The van der Waals surface area contributed by atoms with E-state index in [1.807, 2.05) is 6.92 Å². The molecule has 38 heavy (non-hydrogen) atoms. The molecule has 0 aromatic carbocycles. The number of fused-ring (bicyclic) bond motifs is 5. The van der Waals surface area contributed by atoms with E-state index in [9.17, 15) is 9.59 Å². The third kappa shape index (κ3) is 6.45. The van der Waals surface area contributed by atoms with Crippen molar-refractivity contribution < 1.29 is 47.3 Å². The molecule has 220 valence electrons. The highest BCUT2D eigenvalue weighted by Gasteiger charge is 2.74. The number of hydrogen-bond donors (Lipinski definition) is 4. The van der Waals surface area contributed by atoms with Crippen LogP contribution in [0, 0.1) is 40.4 Å². The predicted octanol–water partition coefficient (Wildman–Crippen LogP) is 5.90. The van der Waals surface area contributed by atoms with Gasteiger partial charge in [0.25, 0.3) is 17.8 Å². The zero-order chi connectivity index (χ0) is 29.1. The maximum absolute atomic E-state index is 15.8. The van der Waals surface area contributed by atoms with Crippen molar-refractivity contribution in [2.24, 2.45) is 46.2 Å². The number of nitrogens with two attached hydrogens (primary N) is 1. The third-order valence-electron chi connectivity index (χ3n) is 10.00. The van der Waals surface area contributed by atoms with E-state index in [-0.39, 0.29) is 31.2 Å². The lowest BCUT2D eigenvalue weighted by atomic mass is 9.43. The van der Waals surface area contributed by atoms with Gasteiger partial charge in [0.15, 0.2) is 0 Å². The van der Waals surface area contributed by atoms with Gasteiger partial charge in [-0.1, -0.05) is 26.7 Å². The third-order valence-corrected chi connectivity index (χ3v) is 10.00. The molecule has 7 nitrogen and oxygen atoms in total. The quantitative estimate of drug-likeness (QED) is 0.311. The first kappa shape index (κ1) is 32.3. The maximum atomic E-state index is 15.8. The molecular weight excluding hydrogens is 510 g/mol. The normalized spacial score (nSPS) is 38.1. The van der Waals surface area contributed by atoms with Gasteiger partial charge >= 0.3 is 11.9 Å². The molecule has 7 atom stereocenters. The van der Waals surface area contributed by atoms with Crippen molar-refractivity contribution in [1.29, 1.82) is 0 Å². The van der Waals surface area contributed by atoms with Crippen LogP contribution in [-0.2, 0) is 14.4 Å². The predicted molar refractivity (Wildman–Crippen MR) is 132 cm³/mol. The van der Waals surface area contributed by atoms with Gasteiger partial charge < -0.3 is 21.1 Å². The van der Waals surface area contributed by atoms with Gasteiger partial charge in [0.1, 0.15) is 0 Å². The molecule has 0 aliphatic heterocycles.